The van der Waals surface area contributed by atoms with Gasteiger partial charge in [0.2, 0.25) is 0 Å². The first-order valence-electron chi connectivity index (χ1n) is 4.00. The summed E-state index contributed by atoms with van der Waals surface area (Å²) >= 11 is -1.13. The van der Waals surface area contributed by atoms with Gasteiger partial charge in [-0.15, -0.1) is 0 Å². The number of hydrogen-bond donors (Lipinski definition) is 2. The fraction of sp³-hybridized carbons (Fsp3) is 0.333. The summed E-state index contributed by atoms with van der Waals surface area (Å²) in [7, 11) is 0. The van der Waals surface area contributed by atoms with Crippen LogP contribution >= 0.6 is 0 Å². The smallest absolute Gasteiger partial charge is 0.194 e. The van der Waals surface area contributed by atoms with E-state index in [9.17, 15) is 9.66 Å². The maximum absolute atomic E-state index is 11.1. The third-order valence-corrected chi connectivity index (χ3v) is 2.73. The third-order valence-electron chi connectivity index (χ3n) is 1.77. The second kappa shape index (κ2) is 4.50. The second-order valence-corrected chi connectivity index (χ2v) is 4.14. The molecule has 0 amide bonds. The van der Waals surface area contributed by atoms with E-state index in [0.29, 0.717) is 11.4 Å². The highest BCUT2D eigenvalue weighted by Gasteiger charge is 2.10. The molecule has 0 aliphatic carbocycles. The van der Waals surface area contributed by atoms with Gasteiger partial charge in [-0.3, -0.25) is 0 Å². The molecule has 3 N–H and O–H groups in total. The van der Waals surface area contributed by atoms with Crippen molar-refractivity contribution in [1.29, 1.82) is 0 Å². The first kappa shape index (κ1) is 10.4. The average molecular weight is 199 g/mol. The van der Waals surface area contributed by atoms with Crippen molar-refractivity contribution >= 4 is 11.2 Å². The van der Waals surface area contributed by atoms with Crippen LogP contribution in [0.2, 0.25) is 0 Å². The fourth-order valence-corrected chi connectivity index (χ4v) is 1.74. The van der Waals surface area contributed by atoms with Crippen LogP contribution < -0.4 is 5.73 Å². The molecule has 0 radical (unpaired) electrons. The van der Waals surface area contributed by atoms with Gasteiger partial charge in [0.1, 0.15) is 6.26 Å². The van der Waals surface area contributed by atoms with Gasteiger partial charge in [-0.1, -0.05) is 6.07 Å². The molecule has 0 aliphatic rings. The van der Waals surface area contributed by atoms with Gasteiger partial charge in [0, 0.05) is 0 Å². The Balaban J connectivity index is 2.92. The Bertz CT molecular complexity index is 289. The van der Waals surface area contributed by atoms with Gasteiger partial charge < -0.3 is 15.4 Å². The Morgan fingerprint density at radius 1 is 1.54 bits per heavy atom. The summed E-state index contributed by atoms with van der Waals surface area (Å²) in [5.41, 5.74) is 6.33. The van der Waals surface area contributed by atoms with E-state index in [1.807, 2.05) is 6.07 Å². The molecule has 3 nitrogen and oxygen atoms in total. The fourth-order valence-electron chi connectivity index (χ4n) is 1.13. The SMILES string of the molecule is C[S+]([O-])c1ccc(CCN)cc1O. The summed E-state index contributed by atoms with van der Waals surface area (Å²) in [5, 5.41) is 9.45. The molecule has 1 rings (SSSR count). The van der Waals surface area contributed by atoms with Crippen molar-refractivity contribution in [2.45, 2.75) is 11.3 Å². The van der Waals surface area contributed by atoms with E-state index >= 15 is 0 Å². The van der Waals surface area contributed by atoms with Crippen molar-refractivity contribution in [2.24, 2.45) is 5.73 Å². The highest BCUT2D eigenvalue weighted by molar-refractivity contribution is 7.90. The van der Waals surface area contributed by atoms with Gasteiger partial charge in [-0.2, -0.15) is 0 Å². The van der Waals surface area contributed by atoms with Crippen LogP contribution in [0.25, 0.3) is 0 Å². The van der Waals surface area contributed by atoms with Crippen LogP contribution in [-0.2, 0) is 17.6 Å². The lowest BCUT2D eigenvalue weighted by Gasteiger charge is -2.07. The molecule has 0 saturated heterocycles. The zero-order chi connectivity index (χ0) is 9.84. The molecular formula is C9H13NO2S. The van der Waals surface area contributed by atoms with Gasteiger partial charge >= 0.3 is 0 Å². The van der Waals surface area contributed by atoms with Crippen LogP contribution in [0.3, 0.4) is 0 Å². The van der Waals surface area contributed by atoms with E-state index in [4.69, 9.17) is 5.73 Å². The number of benzene rings is 1. The lowest BCUT2D eigenvalue weighted by molar-refractivity contribution is 0.458. The molecular weight excluding hydrogens is 186 g/mol. The number of phenols is 1. The highest BCUT2D eigenvalue weighted by Crippen LogP contribution is 2.23. The predicted octanol–water partition coefficient (Wildman–Crippen LogP) is 0.631. The molecule has 4 heteroatoms. The molecule has 72 valence electrons. The first-order chi connectivity index (χ1) is 6.15. The van der Waals surface area contributed by atoms with Crippen molar-refractivity contribution < 1.29 is 9.66 Å². The van der Waals surface area contributed by atoms with Gasteiger partial charge in [-0.25, -0.2) is 0 Å². The number of nitrogens with two attached hydrogens (primary N) is 1. The normalized spacial score (nSPS) is 12.8. The Morgan fingerprint density at radius 2 is 2.23 bits per heavy atom. The maximum atomic E-state index is 11.1. The summed E-state index contributed by atoms with van der Waals surface area (Å²) in [6, 6.07) is 5.13. The number of phenolic OH excluding ortho intramolecular Hbond substituents is 1. The average Bonchev–Trinajstić information content (AvgIpc) is 2.04. The molecule has 1 atom stereocenters. The van der Waals surface area contributed by atoms with Crippen LogP contribution in [0, 0.1) is 0 Å². The van der Waals surface area contributed by atoms with Crippen molar-refractivity contribution in [3.63, 3.8) is 0 Å². The standard InChI is InChI=1S/C9H13NO2S/c1-13(12)9-3-2-7(4-5-10)6-8(9)11/h2-3,6,11H,4-5,10H2,1H3. The summed E-state index contributed by atoms with van der Waals surface area (Å²) in [5.74, 6) is 0.0896. The van der Waals surface area contributed by atoms with Crippen molar-refractivity contribution in [3.8, 4) is 5.75 Å². The molecule has 0 aliphatic heterocycles. The number of rotatable bonds is 3. The van der Waals surface area contributed by atoms with Gasteiger partial charge in [-0.05, 0) is 41.8 Å². The maximum Gasteiger partial charge on any atom is 0.194 e. The quantitative estimate of drug-likeness (QED) is 0.701. The Morgan fingerprint density at radius 3 is 2.69 bits per heavy atom. The summed E-state index contributed by atoms with van der Waals surface area (Å²) in [6.45, 7) is 0.550. The molecule has 0 fully saturated rings. The molecule has 13 heavy (non-hydrogen) atoms. The summed E-state index contributed by atoms with van der Waals surface area (Å²) in [6.07, 6.45) is 2.27. The minimum Gasteiger partial charge on any atom is -0.612 e. The van der Waals surface area contributed by atoms with Crippen LogP contribution in [0.4, 0.5) is 0 Å². The van der Waals surface area contributed by atoms with Crippen LogP contribution in [-0.4, -0.2) is 22.5 Å². The lowest BCUT2D eigenvalue weighted by atomic mass is 10.1. The molecule has 0 aromatic heterocycles. The lowest BCUT2D eigenvalue weighted by Crippen LogP contribution is -2.03. The van der Waals surface area contributed by atoms with Crippen molar-refractivity contribution in [1.82, 2.24) is 0 Å². The monoisotopic (exact) mass is 199 g/mol. The van der Waals surface area contributed by atoms with Crippen LogP contribution in [0.1, 0.15) is 5.56 Å². The first-order valence-corrected chi connectivity index (χ1v) is 5.56. The molecule has 1 unspecified atom stereocenters. The van der Waals surface area contributed by atoms with Crippen molar-refractivity contribution in [3.05, 3.63) is 23.8 Å². The van der Waals surface area contributed by atoms with E-state index in [2.05, 4.69) is 0 Å². The highest BCUT2D eigenvalue weighted by atomic mass is 32.2. The summed E-state index contributed by atoms with van der Waals surface area (Å²) in [4.78, 5) is 0.473. The van der Waals surface area contributed by atoms with E-state index in [1.54, 1.807) is 12.1 Å². The van der Waals surface area contributed by atoms with Gasteiger partial charge in [0.15, 0.2) is 10.6 Å². The minimum atomic E-state index is -1.13. The van der Waals surface area contributed by atoms with Crippen molar-refractivity contribution in [2.75, 3.05) is 12.8 Å². The molecule has 0 spiro atoms. The number of aromatic hydroxyl groups is 1. The van der Waals surface area contributed by atoms with Crippen LogP contribution in [0.15, 0.2) is 23.1 Å². The zero-order valence-electron chi connectivity index (χ0n) is 7.49. The van der Waals surface area contributed by atoms with E-state index < -0.39 is 11.2 Å². The predicted molar refractivity (Wildman–Crippen MR) is 53.2 cm³/mol. The summed E-state index contributed by atoms with van der Waals surface area (Å²) < 4.78 is 11.1. The molecule has 1 aromatic rings. The topological polar surface area (TPSA) is 69.3 Å². The Kier molecular flexibility index (Phi) is 3.59. The second-order valence-electron chi connectivity index (χ2n) is 2.79. The molecule has 0 saturated carbocycles. The zero-order valence-corrected chi connectivity index (χ0v) is 8.30. The largest absolute Gasteiger partial charge is 0.612 e. The Labute approximate surface area is 80.8 Å². The molecule has 0 heterocycles. The van der Waals surface area contributed by atoms with Gasteiger partial charge in [0.05, 0.1) is 0 Å². The minimum absolute atomic E-state index is 0.0896. The Hall–Kier alpha value is -0.710. The van der Waals surface area contributed by atoms with Gasteiger partial charge in [0.25, 0.3) is 0 Å². The van der Waals surface area contributed by atoms with E-state index in [-0.39, 0.29) is 5.75 Å². The third kappa shape index (κ3) is 2.62. The number of hydrogen-bond acceptors (Lipinski definition) is 3. The van der Waals surface area contributed by atoms with Crippen LogP contribution in [0.5, 0.6) is 5.75 Å². The molecule has 1 aromatic carbocycles. The van der Waals surface area contributed by atoms with E-state index in [0.717, 1.165) is 12.0 Å². The van der Waals surface area contributed by atoms with E-state index in [1.165, 1.54) is 6.26 Å². The molecule has 0 bridgehead atoms.